The number of aryl methyl sites for hydroxylation is 2. The van der Waals surface area contributed by atoms with Crippen molar-refractivity contribution in [2.45, 2.75) is 50.7 Å². The Morgan fingerprint density at radius 3 is 2.33 bits per heavy atom. The first-order chi connectivity index (χ1) is 14.6. The Morgan fingerprint density at radius 1 is 1.00 bits per heavy atom. The van der Waals surface area contributed by atoms with Crippen LogP contribution in [0.1, 0.15) is 47.9 Å². The van der Waals surface area contributed by atoms with Crippen LogP contribution in [0.25, 0.3) is 0 Å². The number of methoxy groups -OCH3 is 3. The molecule has 2 heterocycles. The number of rotatable bonds is 6. The van der Waals surface area contributed by atoms with Crippen LogP contribution >= 0.6 is 0 Å². The van der Waals surface area contributed by atoms with Crippen LogP contribution in [0.5, 0.6) is 17.6 Å². The molecule has 1 saturated heterocycles. The summed E-state index contributed by atoms with van der Waals surface area (Å²) in [7, 11) is 4.81. The molecule has 1 aliphatic heterocycles. The zero-order valence-corrected chi connectivity index (χ0v) is 18.1. The number of hydrogen-bond acceptors (Lipinski definition) is 7. The van der Waals surface area contributed by atoms with Crippen LogP contribution in [-0.4, -0.2) is 54.4 Å². The quantitative estimate of drug-likeness (QED) is 0.780. The van der Waals surface area contributed by atoms with Gasteiger partial charge in [0.2, 0.25) is 5.88 Å². The van der Waals surface area contributed by atoms with Crippen molar-refractivity contribution in [1.82, 2.24) is 14.9 Å². The minimum Gasteiger partial charge on any atom is -0.496 e. The Morgan fingerprint density at radius 2 is 1.70 bits per heavy atom. The fourth-order valence-electron chi connectivity index (χ4n) is 4.64. The summed E-state index contributed by atoms with van der Waals surface area (Å²) < 4.78 is 16.2. The third kappa shape index (κ3) is 4.09. The molecule has 162 valence electrons. The van der Waals surface area contributed by atoms with E-state index in [4.69, 9.17) is 14.2 Å². The van der Waals surface area contributed by atoms with E-state index in [0.717, 1.165) is 38.2 Å². The Kier molecular flexibility index (Phi) is 6.11. The second-order valence-electron chi connectivity index (χ2n) is 8.23. The van der Waals surface area contributed by atoms with Crippen LogP contribution in [0.4, 0.5) is 0 Å². The van der Waals surface area contributed by atoms with Gasteiger partial charge < -0.3 is 19.3 Å². The molecule has 1 aromatic heterocycles. The van der Waals surface area contributed by atoms with Gasteiger partial charge in [0, 0.05) is 31.4 Å². The first-order valence-corrected chi connectivity index (χ1v) is 10.6. The number of aromatic nitrogens is 2. The van der Waals surface area contributed by atoms with Crippen molar-refractivity contribution in [1.29, 1.82) is 0 Å². The molecule has 0 bridgehead atoms. The van der Waals surface area contributed by atoms with Crippen LogP contribution < -0.4 is 14.2 Å². The van der Waals surface area contributed by atoms with Crippen molar-refractivity contribution in [2.75, 3.05) is 34.4 Å². The number of benzene rings is 1. The highest BCUT2D eigenvalue weighted by Crippen LogP contribution is 2.38. The first kappa shape index (κ1) is 20.9. The highest BCUT2D eigenvalue weighted by Gasteiger charge is 2.37. The minimum absolute atomic E-state index is 0.233. The highest BCUT2D eigenvalue weighted by molar-refractivity contribution is 5.44. The number of nitrogens with zero attached hydrogens (tertiary/aromatic N) is 3. The van der Waals surface area contributed by atoms with Gasteiger partial charge in [0.1, 0.15) is 5.75 Å². The van der Waals surface area contributed by atoms with Crippen LogP contribution in [0.2, 0.25) is 0 Å². The summed E-state index contributed by atoms with van der Waals surface area (Å²) in [5.41, 5.74) is 3.74. The lowest BCUT2D eigenvalue weighted by atomic mass is 9.85. The first-order valence-electron chi connectivity index (χ1n) is 10.6. The zero-order chi connectivity index (χ0) is 21.1. The van der Waals surface area contributed by atoms with Crippen molar-refractivity contribution in [3.05, 3.63) is 40.6 Å². The lowest BCUT2D eigenvalue weighted by Crippen LogP contribution is -2.42. The molecule has 2 aromatic rings. The molecule has 4 rings (SSSR count). The van der Waals surface area contributed by atoms with E-state index in [2.05, 4.69) is 27.0 Å². The zero-order valence-electron chi connectivity index (χ0n) is 18.1. The summed E-state index contributed by atoms with van der Waals surface area (Å²) in [6.45, 7) is 2.36. The van der Waals surface area contributed by atoms with Gasteiger partial charge in [-0.25, -0.2) is 4.98 Å². The van der Waals surface area contributed by atoms with E-state index in [1.165, 1.54) is 36.6 Å². The summed E-state index contributed by atoms with van der Waals surface area (Å²) in [5, 5.41) is 11.3. The summed E-state index contributed by atoms with van der Waals surface area (Å²) in [6.07, 6.45) is 7.63. The predicted molar refractivity (Wildman–Crippen MR) is 113 cm³/mol. The summed E-state index contributed by atoms with van der Waals surface area (Å²) in [6, 6.07) is 4.79. The molecule has 0 spiro atoms. The standard InChI is InChI=1S/C23H31N3O4/c1-28-20-13-17-7-5-4-6-16(17)12-18(20)15-26-10-8-23(27,9-11-26)19-14-24-22(30-3)25-21(19)29-2/h12-14,27H,4-11,15H2,1-3H3. The van der Waals surface area contributed by atoms with Crippen molar-refractivity contribution in [2.24, 2.45) is 0 Å². The molecule has 7 nitrogen and oxygen atoms in total. The van der Waals surface area contributed by atoms with Gasteiger partial charge in [-0.1, -0.05) is 6.07 Å². The topological polar surface area (TPSA) is 76.9 Å². The molecule has 0 saturated carbocycles. The Labute approximate surface area is 178 Å². The van der Waals surface area contributed by atoms with Gasteiger partial charge in [-0.05, 0) is 55.7 Å². The minimum atomic E-state index is -1.01. The maximum atomic E-state index is 11.3. The molecule has 2 aliphatic rings. The molecule has 1 aromatic carbocycles. The van der Waals surface area contributed by atoms with Crippen molar-refractivity contribution < 1.29 is 19.3 Å². The summed E-state index contributed by atoms with van der Waals surface area (Å²) >= 11 is 0. The SMILES string of the molecule is COc1ncc(C2(O)CCN(Cc3cc4c(cc3OC)CCCC4)CC2)c(OC)n1. The summed E-state index contributed by atoms with van der Waals surface area (Å²) in [5.74, 6) is 1.34. The fraction of sp³-hybridized carbons (Fsp3) is 0.565. The number of ether oxygens (including phenoxy) is 3. The van der Waals surface area contributed by atoms with Crippen LogP contribution in [-0.2, 0) is 25.0 Å². The van der Waals surface area contributed by atoms with E-state index in [1.807, 2.05) is 0 Å². The van der Waals surface area contributed by atoms with Gasteiger partial charge in [0.25, 0.3) is 0 Å². The lowest BCUT2D eigenvalue weighted by Gasteiger charge is -2.38. The monoisotopic (exact) mass is 413 g/mol. The Balaban J connectivity index is 1.47. The lowest BCUT2D eigenvalue weighted by molar-refractivity contribution is -0.0301. The highest BCUT2D eigenvalue weighted by atomic mass is 16.5. The molecular formula is C23H31N3O4. The number of likely N-dealkylation sites (tertiary alicyclic amines) is 1. The third-order valence-electron chi connectivity index (χ3n) is 6.43. The Hall–Kier alpha value is -2.38. The van der Waals surface area contributed by atoms with Crippen molar-refractivity contribution in [3.8, 4) is 17.6 Å². The number of fused-ring (bicyclic) bond motifs is 1. The second kappa shape index (κ2) is 8.78. The largest absolute Gasteiger partial charge is 0.496 e. The van der Waals surface area contributed by atoms with Gasteiger partial charge in [0.15, 0.2) is 0 Å². The van der Waals surface area contributed by atoms with Crippen molar-refractivity contribution in [3.63, 3.8) is 0 Å². The van der Waals surface area contributed by atoms with Crippen LogP contribution in [0.3, 0.4) is 0 Å². The molecule has 0 atom stereocenters. The van der Waals surface area contributed by atoms with Gasteiger partial charge >= 0.3 is 6.01 Å². The number of hydrogen-bond donors (Lipinski definition) is 1. The molecular weight excluding hydrogens is 382 g/mol. The van der Waals surface area contributed by atoms with E-state index >= 15 is 0 Å². The van der Waals surface area contributed by atoms with Gasteiger partial charge in [-0.15, -0.1) is 0 Å². The average Bonchev–Trinajstić information content (AvgIpc) is 2.79. The van der Waals surface area contributed by atoms with Crippen molar-refractivity contribution >= 4 is 0 Å². The van der Waals surface area contributed by atoms with Gasteiger partial charge in [-0.2, -0.15) is 4.98 Å². The normalized spacial score (nSPS) is 18.5. The Bertz CT molecular complexity index is 894. The number of aliphatic hydroxyl groups is 1. The van der Waals surface area contributed by atoms with E-state index in [1.54, 1.807) is 20.4 Å². The van der Waals surface area contributed by atoms with E-state index in [0.29, 0.717) is 24.3 Å². The molecule has 1 N–H and O–H groups in total. The molecule has 1 aliphatic carbocycles. The van der Waals surface area contributed by atoms with E-state index < -0.39 is 5.60 Å². The molecule has 30 heavy (non-hydrogen) atoms. The van der Waals surface area contributed by atoms with E-state index in [-0.39, 0.29) is 6.01 Å². The smallest absolute Gasteiger partial charge is 0.319 e. The maximum Gasteiger partial charge on any atom is 0.319 e. The van der Waals surface area contributed by atoms with Gasteiger partial charge in [0.05, 0.1) is 32.5 Å². The van der Waals surface area contributed by atoms with Gasteiger partial charge in [-0.3, -0.25) is 4.90 Å². The van der Waals surface area contributed by atoms with Crippen LogP contribution in [0, 0.1) is 0 Å². The third-order valence-corrected chi connectivity index (χ3v) is 6.43. The number of piperidine rings is 1. The molecule has 0 amide bonds. The second-order valence-corrected chi connectivity index (χ2v) is 8.23. The summed E-state index contributed by atoms with van der Waals surface area (Å²) in [4.78, 5) is 10.8. The molecule has 0 radical (unpaired) electrons. The predicted octanol–water partition coefficient (Wildman–Crippen LogP) is 2.86. The van der Waals surface area contributed by atoms with E-state index in [9.17, 15) is 5.11 Å². The molecule has 7 heteroatoms. The van der Waals surface area contributed by atoms with Crippen LogP contribution in [0.15, 0.2) is 18.3 Å². The molecule has 0 unspecified atom stereocenters. The average molecular weight is 414 g/mol. The maximum absolute atomic E-state index is 11.3. The fourth-order valence-corrected chi connectivity index (χ4v) is 4.64. The molecule has 1 fully saturated rings.